The summed E-state index contributed by atoms with van der Waals surface area (Å²) in [6.07, 6.45) is 1.68. The first-order valence-corrected chi connectivity index (χ1v) is 9.92. The van der Waals surface area contributed by atoms with Crippen molar-refractivity contribution in [2.45, 2.75) is 20.3 Å². The van der Waals surface area contributed by atoms with Gasteiger partial charge in [-0.05, 0) is 43.7 Å². The van der Waals surface area contributed by atoms with Gasteiger partial charge in [-0.25, -0.2) is 4.68 Å². The fourth-order valence-electron chi connectivity index (χ4n) is 3.18. The summed E-state index contributed by atoms with van der Waals surface area (Å²) in [5, 5.41) is 7.28. The molecular formula is C23H26N4O3. The normalized spacial score (nSPS) is 10.5. The van der Waals surface area contributed by atoms with Crippen molar-refractivity contribution in [1.82, 2.24) is 14.7 Å². The zero-order chi connectivity index (χ0) is 21.5. The highest BCUT2D eigenvalue weighted by Gasteiger charge is 2.23. The zero-order valence-electron chi connectivity index (χ0n) is 17.5. The highest BCUT2D eigenvalue weighted by molar-refractivity contribution is 6.03. The lowest BCUT2D eigenvalue weighted by molar-refractivity contribution is -0.115. The number of anilines is 1. The lowest BCUT2D eigenvalue weighted by Gasteiger charge is -2.19. The van der Waals surface area contributed by atoms with Gasteiger partial charge in [-0.15, -0.1) is 0 Å². The Morgan fingerprint density at radius 1 is 1.03 bits per heavy atom. The van der Waals surface area contributed by atoms with E-state index in [1.54, 1.807) is 16.7 Å². The molecule has 1 heterocycles. The predicted molar refractivity (Wildman–Crippen MR) is 116 cm³/mol. The molecule has 0 unspecified atom stereocenters. The second-order valence-electron chi connectivity index (χ2n) is 6.70. The third-order valence-electron chi connectivity index (χ3n) is 4.83. The average Bonchev–Trinajstić information content (AvgIpc) is 3.19. The van der Waals surface area contributed by atoms with Crippen LogP contribution < -0.4 is 10.1 Å². The van der Waals surface area contributed by atoms with Crippen molar-refractivity contribution in [3.05, 3.63) is 71.9 Å². The van der Waals surface area contributed by atoms with Gasteiger partial charge in [0.05, 0.1) is 25.4 Å². The van der Waals surface area contributed by atoms with E-state index in [1.165, 1.54) is 6.20 Å². The molecule has 0 radical (unpaired) electrons. The summed E-state index contributed by atoms with van der Waals surface area (Å²) in [5.74, 6) is 0.707. The van der Waals surface area contributed by atoms with Crippen LogP contribution in [0.15, 0.2) is 60.8 Å². The van der Waals surface area contributed by atoms with Crippen molar-refractivity contribution in [2.24, 2.45) is 0 Å². The van der Waals surface area contributed by atoms with Crippen molar-refractivity contribution in [3.8, 4) is 11.4 Å². The molecule has 7 nitrogen and oxygen atoms in total. The number of hydrogen-bond donors (Lipinski definition) is 1. The molecule has 1 aromatic heterocycles. The van der Waals surface area contributed by atoms with Gasteiger partial charge in [0.1, 0.15) is 17.1 Å². The maximum absolute atomic E-state index is 13.0. The SMILES string of the molecule is CCN(CC)C(=O)c1cnn(-c2ccccc2)c1NC(=O)Cc1ccc(OC)cc1. The molecule has 1 N–H and O–H groups in total. The Kier molecular flexibility index (Phi) is 6.85. The number of amides is 2. The average molecular weight is 406 g/mol. The molecule has 2 amide bonds. The molecule has 3 rings (SSSR count). The molecule has 156 valence electrons. The summed E-state index contributed by atoms with van der Waals surface area (Å²) in [4.78, 5) is 27.5. The van der Waals surface area contributed by atoms with Crippen molar-refractivity contribution < 1.29 is 14.3 Å². The van der Waals surface area contributed by atoms with Gasteiger partial charge in [-0.2, -0.15) is 5.10 Å². The van der Waals surface area contributed by atoms with E-state index in [4.69, 9.17) is 4.74 Å². The molecule has 7 heteroatoms. The van der Waals surface area contributed by atoms with Crippen molar-refractivity contribution >= 4 is 17.6 Å². The molecule has 0 saturated carbocycles. The Bertz CT molecular complexity index is 993. The minimum absolute atomic E-state index is 0.165. The minimum atomic E-state index is -0.230. The van der Waals surface area contributed by atoms with Crippen LogP contribution in [-0.4, -0.2) is 46.7 Å². The molecule has 0 aliphatic carbocycles. The molecule has 3 aromatic rings. The van der Waals surface area contributed by atoms with Crippen LogP contribution in [0, 0.1) is 0 Å². The van der Waals surface area contributed by atoms with Crippen LogP contribution >= 0.6 is 0 Å². The summed E-state index contributed by atoms with van der Waals surface area (Å²) in [7, 11) is 1.60. The molecule has 30 heavy (non-hydrogen) atoms. The summed E-state index contributed by atoms with van der Waals surface area (Å²) in [5.41, 5.74) is 1.97. The van der Waals surface area contributed by atoms with Gasteiger partial charge < -0.3 is 15.0 Å². The number of nitrogens with one attached hydrogen (secondary N) is 1. The standard InChI is InChI=1S/C23H26N4O3/c1-4-26(5-2)23(29)20-16-24-27(18-9-7-6-8-10-18)22(20)25-21(28)15-17-11-13-19(30-3)14-12-17/h6-14,16H,4-5,15H2,1-3H3,(H,25,28). The van der Waals surface area contributed by atoms with Crippen LogP contribution in [0.5, 0.6) is 5.75 Å². The van der Waals surface area contributed by atoms with Crippen LogP contribution in [0.4, 0.5) is 5.82 Å². The first-order valence-electron chi connectivity index (χ1n) is 9.92. The number of methoxy groups -OCH3 is 1. The first kappa shape index (κ1) is 21.1. The second-order valence-corrected chi connectivity index (χ2v) is 6.70. The number of carbonyl (C=O) groups excluding carboxylic acids is 2. The van der Waals surface area contributed by atoms with Crippen LogP contribution in [-0.2, 0) is 11.2 Å². The molecule has 2 aromatic carbocycles. The Morgan fingerprint density at radius 2 is 1.70 bits per heavy atom. The number of rotatable bonds is 8. The van der Waals surface area contributed by atoms with Crippen LogP contribution in [0.1, 0.15) is 29.8 Å². The summed E-state index contributed by atoms with van der Waals surface area (Å²) in [6, 6.07) is 16.7. The molecule has 0 bridgehead atoms. The van der Waals surface area contributed by atoms with Crippen molar-refractivity contribution in [1.29, 1.82) is 0 Å². The number of ether oxygens (including phenoxy) is 1. The van der Waals surface area contributed by atoms with E-state index in [0.29, 0.717) is 24.5 Å². The van der Waals surface area contributed by atoms with Crippen molar-refractivity contribution in [3.63, 3.8) is 0 Å². The van der Waals surface area contributed by atoms with Gasteiger partial charge in [0, 0.05) is 13.1 Å². The third kappa shape index (κ3) is 4.68. The predicted octanol–water partition coefficient (Wildman–Crippen LogP) is 3.54. The topological polar surface area (TPSA) is 76.5 Å². The van der Waals surface area contributed by atoms with E-state index in [-0.39, 0.29) is 18.2 Å². The number of para-hydroxylation sites is 1. The number of nitrogens with zero attached hydrogens (tertiary/aromatic N) is 3. The first-order chi connectivity index (χ1) is 14.6. The fraction of sp³-hybridized carbons (Fsp3) is 0.261. The number of carbonyl (C=O) groups is 2. The van der Waals surface area contributed by atoms with Crippen LogP contribution in [0.2, 0.25) is 0 Å². The Morgan fingerprint density at radius 3 is 2.30 bits per heavy atom. The molecule has 0 spiro atoms. The summed E-state index contributed by atoms with van der Waals surface area (Å²) in [6.45, 7) is 4.99. The van der Waals surface area contributed by atoms with Gasteiger partial charge in [0.25, 0.3) is 5.91 Å². The third-order valence-corrected chi connectivity index (χ3v) is 4.83. The fourth-order valence-corrected chi connectivity index (χ4v) is 3.18. The molecule has 0 aliphatic rings. The number of aromatic nitrogens is 2. The minimum Gasteiger partial charge on any atom is -0.497 e. The Balaban J connectivity index is 1.90. The van der Waals surface area contributed by atoms with E-state index in [1.807, 2.05) is 68.4 Å². The summed E-state index contributed by atoms with van der Waals surface area (Å²) >= 11 is 0. The van der Waals surface area contributed by atoms with E-state index >= 15 is 0 Å². The van der Waals surface area contributed by atoms with Gasteiger partial charge in [0.2, 0.25) is 5.91 Å². The van der Waals surface area contributed by atoms with Crippen molar-refractivity contribution in [2.75, 3.05) is 25.5 Å². The highest BCUT2D eigenvalue weighted by atomic mass is 16.5. The van der Waals surface area contributed by atoms with E-state index in [2.05, 4.69) is 10.4 Å². The molecule has 0 aliphatic heterocycles. The molecular weight excluding hydrogens is 380 g/mol. The lowest BCUT2D eigenvalue weighted by atomic mass is 10.1. The molecule has 0 fully saturated rings. The highest BCUT2D eigenvalue weighted by Crippen LogP contribution is 2.22. The maximum Gasteiger partial charge on any atom is 0.259 e. The van der Waals surface area contributed by atoms with Gasteiger partial charge >= 0.3 is 0 Å². The Labute approximate surface area is 176 Å². The van der Waals surface area contributed by atoms with Crippen LogP contribution in [0.25, 0.3) is 5.69 Å². The van der Waals surface area contributed by atoms with Gasteiger partial charge in [0.15, 0.2) is 0 Å². The van der Waals surface area contributed by atoms with Gasteiger partial charge in [-0.1, -0.05) is 30.3 Å². The molecule has 0 saturated heterocycles. The van der Waals surface area contributed by atoms with E-state index < -0.39 is 0 Å². The van der Waals surface area contributed by atoms with E-state index in [9.17, 15) is 9.59 Å². The van der Waals surface area contributed by atoms with Gasteiger partial charge in [-0.3, -0.25) is 9.59 Å². The van der Waals surface area contributed by atoms with E-state index in [0.717, 1.165) is 17.0 Å². The maximum atomic E-state index is 13.0. The molecule has 0 atom stereocenters. The number of benzene rings is 2. The smallest absolute Gasteiger partial charge is 0.259 e. The largest absolute Gasteiger partial charge is 0.497 e. The lowest BCUT2D eigenvalue weighted by Crippen LogP contribution is -2.31. The second kappa shape index (κ2) is 9.73. The van der Waals surface area contributed by atoms with Crippen LogP contribution in [0.3, 0.4) is 0 Å². The monoisotopic (exact) mass is 406 g/mol. The zero-order valence-corrected chi connectivity index (χ0v) is 17.5. The Hall–Kier alpha value is -3.61. The summed E-state index contributed by atoms with van der Waals surface area (Å²) < 4.78 is 6.74. The quantitative estimate of drug-likeness (QED) is 0.621. The number of hydrogen-bond acceptors (Lipinski definition) is 4.